The maximum Gasteiger partial charge on any atom is 0.161 e. The molecule has 5 aromatic rings. The lowest BCUT2D eigenvalue weighted by Crippen LogP contribution is -2.38. The average molecular weight is 595 g/mol. The second kappa shape index (κ2) is 13.2. The van der Waals surface area contributed by atoms with Gasteiger partial charge in [-0.25, -0.2) is 0 Å². The molecule has 0 spiro atoms. The van der Waals surface area contributed by atoms with Gasteiger partial charge in [0.25, 0.3) is 0 Å². The summed E-state index contributed by atoms with van der Waals surface area (Å²) in [5.74, 6) is 1.90. The number of ether oxygens (including phenoxy) is 4. The van der Waals surface area contributed by atoms with Gasteiger partial charge in [0.15, 0.2) is 11.5 Å². The summed E-state index contributed by atoms with van der Waals surface area (Å²) in [7, 11) is 1.64. The normalized spacial score (nSPS) is 13.5. The molecule has 0 saturated carbocycles. The Balaban J connectivity index is 1.27. The van der Waals surface area contributed by atoms with E-state index >= 15 is 0 Å². The van der Waals surface area contributed by atoms with Crippen molar-refractivity contribution in [1.82, 2.24) is 9.88 Å². The number of rotatable bonds is 10. The minimum atomic E-state index is 0.414. The van der Waals surface area contributed by atoms with Crippen molar-refractivity contribution in [3.63, 3.8) is 0 Å². The van der Waals surface area contributed by atoms with E-state index in [2.05, 4.69) is 21.3 Å². The van der Waals surface area contributed by atoms with E-state index in [1.807, 2.05) is 66.7 Å². The molecule has 6 rings (SSSR count). The first kappa shape index (κ1) is 28.6. The average Bonchev–Trinajstić information content (AvgIpc) is 3.04. The molecule has 0 aliphatic carbocycles. The largest absolute Gasteiger partial charge is 0.493 e. The van der Waals surface area contributed by atoms with E-state index in [0.717, 1.165) is 65.8 Å². The number of halogens is 1. The van der Waals surface area contributed by atoms with Crippen molar-refractivity contribution in [1.29, 1.82) is 5.26 Å². The maximum absolute atomic E-state index is 9.94. The van der Waals surface area contributed by atoms with E-state index in [1.54, 1.807) is 19.4 Å². The van der Waals surface area contributed by atoms with Crippen molar-refractivity contribution < 1.29 is 18.9 Å². The van der Waals surface area contributed by atoms with E-state index in [9.17, 15) is 5.26 Å². The molecule has 0 radical (unpaired) electrons. The van der Waals surface area contributed by atoms with Crippen molar-refractivity contribution in [2.24, 2.45) is 0 Å². The Bertz CT molecular complexity index is 1790. The molecule has 4 aromatic carbocycles. The molecule has 1 aliphatic rings. The predicted molar refractivity (Wildman–Crippen MR) is 169 cm³/mol. The standard InChI is InChI=1S/C34H31ClN4O4/c1-40-32-17-25-16-30-28(15-24(25)18-33(32)42-14-11-39-9-12-41-13-10-39)34(26(20-36)21-37-30)38-27-7-8-31(29(35)19-27)43-22-23-5-3-2-4-6-23/h2-8,15-19,21H,9-14,22H2,1H3,(H,37,38). The third-order valence-electron chi connectivity index (χ3n) is 7.44. The zero-order valence-corrected chi connectivity index (χ0v) is 24.6. The summed E-state index contributed by atoms with van der Waals surface area (Å²) in [5, 5.41) is 16.5. The van der Waals surface area contributed by atoms with Crippen molar-refractivity contribution in [2.75, 3.05) is 51.9 Å². The summed E-state index contributed by atoms with van der Waals surface area (Å²) in [4.78, 5) is 6.90. The quantitative estimate of drug-likeness (QED) is 0.174. The van der Waals surface area contributed by atoms with Gasteiger partial charge in [-0.2, -0.15) is 5.26 Å². The van der Waals surface area contributed by atoms with Crippen LogP contribution in [0, 0.1) is 11.3 Å². The molecule has 0 atom stereocenters. The van der Waals surface area contributed by atoms with Gasteiger partial charge in [-0.3, -0.25) is 9.88 Å². The number of hydrogen-bond acceptors (Lipinski definition) is 8. The summed E-state index contributed by atoms with van der Waals surface area (Å²) in [5.41, 5.74) is 3.59. The molecule has 1 fully saturated rings. The SMILES string of the molecule is COc1cc2cc3ncc(C#N)c(Nc4ccc(OCc5ccccc5)c(Cl)c4)c3cc2cc1OCCN1CCOCC1. The predicted octanol–water partition coefficient (Wildman–Crippen LogP) is 6.96. The van der Waals surface area contributed by atoms with Gasteiger partial charge in [0.1, 0.15) is 25.0 Å². The number of anilines is 2. The summed E-state index contributed by atoms with van der Waals surface area (Å²) < 4.78 is 23.2. The van der Waals surface area contributed by atoms with Crippen LogP contribution < -0.4 is 19.5 Å². The number of nitrogens with one attached hydrogen (secondary N) is 1. The van der Waals surface area contributed by atoms with Gasteiger partial charge in [0, 0.05) is 36.9 Å². The highest BCUT2D eigenvalue weighted by atomic mass is 35.5. The van der Waals surface area contributed by atoms with Gasteiger partial charge in [-0.15, -0.1) is 0 Å². The number of nitrogens with zero attached hydrogens (tertiary/aromatic N) is 3. The molecule has 1 saturated heterocycles. The Morgan fingerprint density at radius 2 is 1.74 bits per heavy atom. The van der Waals surface area contributed by atoms with Crippen LogP contribution in [0.15, 0.2) is 79.0 Å². The number of fused-ring (bicyclic) bond motifs is 2. The van der Waals surface area contributed by atoms with Crippen molar-refractivity contribution >= 4 is 44.7 Å². The Labute approximate surface area is 255 Å². The van der Waals surface area contributed by atoms with Gasteiger partial charge in [0.05, 0.1) is 42.1 Å². The summed E-state index contributed by atoms with van der Waals surface area (Å²) in [6, 6.07) is 25.6. The van der Waals surface area contributed by atoms with E-state index in [-0.39, 0.29) is 0 Å². The van der Waals surface area contributed by atoms with E-state index in [1.165, 1.54) is 0 Å². The molecule has 1 aromatic heterocycles. The molecule has 1 aliphatic heterocycles. The Morgan fingerprint density at radius 1 is 0.953 bits per heavy atom. The summed E-state index contributed by atoms with van der Waals surface area (Å²) >= 11 is 6.59. The van der Waals surface area contributed by atoms with Crippen LogP contribution in [0.3, 0.4) is 0 Å². The Hall–Kier alpha value is -4.55. The van der Waals surface area contributed by atoms with E-state index < -0.39 is 0 Å². The number of morpholine rings is 1. The Kier molecular flexibility index (Phi) is 8.75. The van der Waals surface area contributed by atoms with Crippen molar-refractivity contribution in [2.45, 2.75) is 6.61 Å². The number of aromatic nitrogens is 1. The van der Waals surface area contributed by atoms with Crippen molar-refractivity contribution in [3.05, 3.63) is 95.1 Å². The van der Waals surface area contributed by atoms with Crippen LogP contribution >= 0.6 is 11.6 Å². The molecule has 8 nitrogen and oxygen atoms in total. The highest BCUT2D eigenvalue weighted by molar-refractivity contribution is 6.32. The van der Waals surface area contributed by atoms with E-state index in [0.29, 0.717) is 46.7 Å². The Morgan fingerprint density at radius 3 is 2.51 bits per heavy atom. The van der Waals surface area contributed by atoms with Gasteiger partial charge < -0.3 is 24.3 Å². The van der Waals surface area contributed by atoms with Gasteiger partial charge in [0.2, 0.25) is 0 Å². The van der Waals surface area contributed by atoms with Crippen LogP contribution in [0.4, 0.5) is 11.4 Å². The van der Waals surface area contributed by atoms with Crippen LogP contribution in [0.1, 0.15) is 11.1 Å². The fraction of sp³-hybridized carbons (Fsp3) is 0.235. The lowest BCUT2D eigenvalue weighted by atomic mass is 10.0. The molecule has 0 bridgehead atoms. The molecule has 0 unspecified atom stereocenters. The topological polar surface area (TPSA) is 88.9 Å². The molecular weight excluding hydrogens is 564 g/mol. The number of pyridine rings is 1. The second-order valence-electron chi connectivity index (χ2n) is 10.2. The van der Waals surface area contributed by atoms with Crippen LogP contribution in [-0.4, -0.2) is 56.4 Å². The van der Waals surface area contributed by atoms with Gasteiger partial charge >= 0.3 is 0 Å². The number of methoxy groups -OCH3 is 1. The minimum absolute atomic E-state index is 0.414. The third kappa shape index (κ3) is 6.60. The highest BCUT2D eigenvalue weighted by Crippen LogP contribution is 2.38. The van der Waals surface area contributed by atoms with E-state index in [4.69, 9.17) is 30.5 Å². The molecular formula is C34H31ClN4O4. The molecule has 1 N–H and O–H groups in total. The zero-order chi connectivity index (χ0) is 29.6. The summed E-state index contributed by atoms with van der Waals surface area (Å²) in [6.45, 7) is 5.07. The van der Waals surface area contributed by atoms with Gasteiger partial charge in [-0.05, 0) is 58.8 Å². The molecule has 2 heterocycles. The third-order valence-corrected chi connectivity index (χ3v) is 7.73. The van der Waals surface area contributed by atoms with Crippen LogP contribution in [0.25, 0.3) is 21.7 Å². The van der Waals surface area contributed by atoms with Crippen LogP contribution in [0.2, 0.25) is 5.02 Å². The number of benzene rings is 4. The van der Waals surface area contributed by atoms with Crippen LogP contribution in [0.5, 0.6) is 17.2 Å². The van der Waals surface area contributed by atoms with Gasteiger partial charge in [-0.1, -0.05) is 41.9 Å². The molecule has 43 heavy (non-hydrogen) atoms. The van der Waals surface area contributed by atoms with Crippen molar-refractivity contribution in [3.8, 4) is 23.3 Å². The smallest absolute Gasteiger partial charge is 0.161 e. The fourth-order valence-electron chi connectivity index (χ4n) is 5.12. The first-order chi connectivity index (χ1) is 21.1. The summed E-state index contributed by atoms with van der Waals surface area (Å²) in [6.07, 6.45) is 1.58. The maximum atomic E-state index is 9.94. The van der Waals surface area contributed by atoms with Crippen LogP contribution in [-0.2, 0) is 11.3 Å². The molecule has 0 amide bonds. The zero-order valence-electron chi connectivity index (χ0n) is 23.8. The molecule has 218 valence electrons. The highest BCUT2D eigenvalue weighted by Gasteiger charge is 2.15. The first-order valence-electron chi connectivity index (χ1n) is 14.1. The fourth-order valence-corrected chi connectivity index (χ4v) is 5.36. The second-order valence-corrected chi connectivity index (χ2v) is 10.6. The minimum Gasteiger partial charge on any atom is -0.493 e. The monoisotopic (exact) mass is 594 g/mol. The lowest BCUT2D eigenvalue weighted by molar-refractivity contribution is 0.0321. The first-order valence-corrected chi connectivity index (χ1v) is 14.5. The lowest BCUT2D eigenvalue weighted by Gasteiger charge is -2.26. The number of nitriles is 1. The number of hydrogen-bond donors (Lipinski definition) is 1. The molecule has 9 heteroatoms.